The van der Waals surface area contributed by atoms with E-state index in [0.29, 0.717) is 11.5 Å². The van der Waals surface area contributed by atoms with Crippen LogP contribution < -0.4 is 11.1 Å². The zero-order valence-electron chi connectivity index (χ0n) is 10.5. The number of nitrogens with zero attached hydrogens (tertiary/aromatic N) is 5. The molecule has 2 heterocycles. The van der Waals surface area contributed by atoms with Gasteiger partial charge in [-0.25, -0.2) is 0 Å². The molecule has 2 rings (SSSR count). The van der Waals surface area contributed by atoms with E-state index < -0.39 is 0 Å². The monoisotopic (exact) mass is 265 g/mol. The molecule has 0 aliphatic rings. The van der Waals surface area contributed by atoms with E-state index in [0.717, 1.165) is 22.9 Å². The van der Waals surface area contributed by atoms with Crippen molar-refractivity contribution in [2.75, 3.05) is 5.32 Å². The van der Waals surface area contributed by atoms with Crippen LogP contribution in [0.1, 0.15) is 17.1 Å². The van der Waals surface area contributed by atoms with Crippen LogP contribution in [0, 0.1) is 6.92 Å². The predicted octanol–water partition coefficient (Wildman–Crippen LogP) is 0.103. The van der Waals surface area contributed by atoms with Crippen LogP contribution >= 0.6 is 12.2 Å². The van der Waals surface area contributed by atoms with Crippen molar-refractivity contribution in [3.8, 4) is 0 Å². The maximum atomic E-state index is 5.71. The molecule has 0 radical (unpaired) electrons. The first-order chi connectivity index (χ1) is 8.50. The van der Waals surface area contributed by atoms with Crippen molar-refractivity contribution in [3.05, 3.63) is 23.4 Å². The summed E-state index contributed by atoms with van der Waals surface area (Å²) in [6.45, 7) is 2.41. The summed E-state index contributed by atoms with van der Waals surface area (Å²) in [5.74, 6) is 1.62. The Morgan fingerprint density at radius 3 is 2.78 bits per heavy atom. The highest BCUT2D eigenvalue weighted by atomic mass is 32.1. The molecule has 0 saturated carbocycles. The molecule has 0 bridgehead atoms. The van der Waals surface area contributed by atoms with E-state index >= 15 is 0 Å². The van der Waals surface area contributed by atoms with Crippen LogP contribution in [-0.2, 0) is 20.6 Å². The van der Waals surface area contributed by atoms with Crippen molar-refractivity contribution in [2.45, 2.75) is 13.5 Å². The maximum Gasteiger partial charge on any atom is 0.151 e. The smallest absolute Gasteiger partial charge is 0.151 e. The van der Waals surface area contributed by atoms with E-state index in [4.69, 9.17) is 18.0 Å². The number of nitrogens with two attached hydrogens (primary N) is 1. The van der Waals surface area contributed by atoms with Crippen LogP contribution in [0.15, 0.2) is 6.33 Å². The first-order valence-corrected chi connectivity index (χ1v) is 5.81. The second-order valence-corrected chi connectivity index (χ2v) is 4.45. The van der Waals surface area contributed by atoms with Crippen molar-refractivity contribution in [2.24, 2.45) is 19.8 Å². The number of hydrogen-bond donors (Lipinski definition) is 2. The van der Waals surface area contributed by atoms with Crippen LogP contribution in [-0.4, -0.2) is 29.5 Å². The molecule has 3 N–H and O–H groups in total. The summed E-state index contributed by atoms with van der Waals surface area (Å²) in [7, 11) is 3.73. The summed E-state index contributed by atoms with van der Waals surface area (Å²) in [5.41, 5.74) is 7.30. The van der Waals surface area contributed by atoms with E-state index in [9.17, 15) is 0 Å². The van der Waals surface area contributed by atoms with Crippen molar-refractivity contribution in [1.82, 2.24) is 24.5 Å². The molecule has 96 valence electrons. The first kappa shape index (κ1) is 12.5. The van der Waals surface area contributed by atoms with Gasteiger partial charge in [-0.3, -0.25) is 4.68 Å². The molecule has 0 unspecified atom stereocenters. The summed E-state index contributed by atoms with van der Waals surface area (Å²) in [6.07, 6.45) is 1.65. The lowest BCUT2D eigenvalue weighted by Gasteiger charge is -2.08. The lowest BCUT2D eigenvalue weighted by Crippen LogP contribution is -2.15. The number of aromatic nitrogens is 5. The minimum absolute atomic E-state index is 0.334. The van der Waals surface area contributed by atoms with E-state index in [1.165, 1.54) is 0 Å². The Balaban J connectivity index is 2.24. The molecule has 7 nitrogen and oxygen atoms in total. The van der Waals surface area contributed by atoms with E-state index in [1.54, 1.807) is 11.0 Å². The fourth-order valence-corrected chi connectivity index (χ4v) is 2.03. The Morgan fingerprint density at radius 2 is 2.22 bits per heavy atom. The van der Waals surface area contributed by atoms with Crippen LogP contribution in [0.4, 0.5) is 5.82 Å². The number of anilines is 1. The predicted molar refractivity (Wildman–Crippen MR) is 72.2 cm³/mol. The molecular weight excluding hydrogens is 250 g/mol. The molecule has 0 spiro atoms. The Hall–Kier alpha value is -1.96. The van der Waals surface area contributed by atoms with Crippen molar-refractivity contribution < 1.29 is 0 Å². The minimum atomic E-state index is 0.334. The zero-order chi connectivity index (χ0) is 13.3. The maximum absolute atomic E-state index is 5.71. The molecule has 0 atom stereocenters. The lowest BCUT2D eigenvalue weighted by molar-refractivity contribution is 0.747. The van der Waals surface area contributed by atoms with Crippen LogP contribution in [0.25, 0.3) is 0 Å². The Kier molecular flexibility index (Phi) is 3.28. The van der Waals surface area contributed by atoms with Crippen LogP contribution in [0.3, 0.4) is 0 Å². The van der Waals surface area contributed by atoms with Gasteiger partial charge in [0.25, 0.3) is 0 Å². The minimum Gasteiger partial charge on any atom is -0.389 e. The fraction of sp³-hybridized carbons (Fsp3) is 0.400. The molecule has 0 amide bonds. The van der Waals surface area contributed by atoms with Gasteiger partial charge < -0.3 is 15.6 Å². The van der Waals surface area contributed by atoms with Gasteiger partial charge in [0, 0.05) is 14.1 Å². The Morgan fingerprint density at radius 1 is 1.50 bits per heavy atom. The summed E-state index contributed by atoms with van der Waals surface area (Å²) in [4.78, 5) is 0.334. The van der Waals surface area contributed by atoms with Gasteiger partial charge in [0.1, 0.15) is 17.1 Å². The third-order valence-electron chi connectivity index (χ3n) is 2.69. The molecule has 2 aromatic rings. The molecule has 0 aliphatic carbocycles. The van der Waals surface area contributed by atoms with Gasteiger partial charge in [-0.05, 0) is 6.92 Å². The largest absolute Gasteiger partial charge is 0.389 e. The van der Waals surface area contributed by atoms with Gasteiger partial charge in [0.15, 0.2) is 5.82 Å². The first-order valence-electron chi connectivity index (χ1n) is 5.41. The summed E-state index contributed by atoms with van der Waals surface area (Å²) >= 11 is 5.04. The van der Waals surface area contributed by atoms with Crippen LogP contribution in [0.2, 0.25) is 0 Å². The average molecular weight is 265 g/mol. The molecule has 8 heteroatoms. The van der Waals surface area contributed by atoms with Gasteiger partial charge >= 0.3 is 0 Å². The molecule has 0 saturated heterocycles. The highest BCUT2D eigenvalue weighted by Crippen LogP contribution is 2.18. The number of nitrogens with one attached hydrogen (secondary N) is 1. The third-order valence-corrected chi connectivity index (χ3v) is 2.89. The van der Waals surface area contributed by atoms with Crippen molar-refractivity contribution in [3.63, 3.8) is 0 Å². The third kappa shape index (κ3) is 2.19. The van der Waals surface area contributed by atoms with E-state index in [2.05, 4.69) is 20.6 Å². The standard InChI is InChI=1S/C10H15N7S/c1-6-8(9(11)18)10(17(3)15-6)12-4-7-14-13-5-16(7)2/h5,12H,4H2,1-3H3,(H2,11,18). The van der Waals surface area contributed by atoms with Crippen molar-refractivity contribution in [1.29, 1.82) is 0 Å². The van der Waals surface area contributed by atoms with Crippen molar-refractivity contribution >= 4 is 23.0 Å². The number of thiocarbonyl (C=S) groups is 1. The molecular formula is C10H15N7S. The van der Waals surface area contributed by atoms with Gasteiger partial charge in [-0.1, -0.05) is 12.2 Å². The van der Waals surface area contributed by atoms with Gasteiger partial charge in [-0.2, -0.15) is 5.10 Å². The van der Waals surface area contributed by atoms with Crippen LogP contribution in [0.5, 0.6) is 0 Å². The summed E-state index contributed by atoms with van der Waals surface area (Å²) in [5, 5.41) is 15.4. The molecule has 0 aromatic carbocycles. The number of aryl methyl sites for hydroxylation is 3. The molecule has 18 heavy (non-hydrogen) atoms. The second kappa shape index (κ2) is 4.73. The Bertz CT molecular complexity index is 583. The van der Waals surface area contributed by atoms with E-state index in [-0.39, 0.29) is 0 Å². The summed E-state index contributed by atoms with van der Waals surface area (Å²) in [6, 6.07) is 0. The average Bonchev–Trinajstić information content (AvgIpc) is 2.79. The number of rotatable bonds is 4. The highest BCUT2D eigenvalue weighted by Gasteiger charge is 2.15. The molecule has 2 aromatic heterocycles. The molecule has 0 fully saturated rings. The fourth-order valence-electron chi connectivity index (χ4n) is 1.79. The normalized spacial score (nSPS) is 10.6. The van der Waals surface area contributed by atoms with Gasteiger partial charge in [0.2, 0.25) is 0 Å². The topological polar surface area (TPSA) is 86.6 Å². The van der Waals surface area contributed by atoms with E-state index in [1.807, 2.05) is 25.6 Å². The Labute approximate surface area is 110 Å². The zero-order valence-corrected chi connectivity index (χ0v) is 11.3. The molecule has 0 aliphatic heterocycles. The SMILES string of the molecule is Cc1nn(C)c(NCc2nncn2C)c1C(N)=S. The summed E-state index contributed by atoms with van der Waals surface area (Å²) < 4.78 is 3.57. The lowest BCUT2D eigenvalue weighted by atomic mass is 10.2. The highest BCUT2D eigenvalue weighted by molar-refractivity contribution is 7.80. The van der Waals surface area contributed by atoms with Gasteiger partial charge in [0.05, 0.1) is 17.8 Å². The quantitative estimate of drug-likeness (QED) is 0.763. The second-order valence-electron chi connectivity index (χ2n) is 4.01. The number of hydrogen-bond acceptors (Lipinski definition) is 5. The van der Waals surface area contributed by atoms with Gasteiger partial charge in [-0.15, -0.1) is 10.2 Å².